The second-order valence-electron chi connectivity index (χ2n) is 5.68. The maximum atomic E-state index is 12.2. The van der Waals surface area contributed by atoms with Gasteiger partial charge in [-0.2, -0.15) is 10.4 Å². The molecule has 8 heteroatoms. The molecule has 3 heterocycles. The van der Waals surface area contributed by atoms with Gasteiger partial charge in [-0.05, 0) is 18.2 Å². The predicted octanol–water partition coefficient (Wildman–Crippen LogP) is 1.90. The summed E-state index contributed by atoms with van der Waals surface area (Å²) in [7, 11) is 1.78. The molecule has 0 aliphatic rings. The lowest BCUT2D eigenvalue weighted by atomic mass is 10.1. The number of hydrogen-bond acceptors (Lipinski definition) is 5. The number of H-pyrrole nitrogens is 1. The quantitative estimate of drug-likeness (QED) is 0.595. The normalized spacial score (nSPS) is 10.9. The molecule has 1 aromatic carbocycles. The molecule has 0 bridgehead atoms. The highest BCUT2D eigenvalue weighted by Crippen LogP contribution is 2.23. The van der Waals surface area contributed by atoms with Crippen molar-refractivity contribution in [2.45, 2.75) is 6.42 Å². The maximum absolute atomic E-state index is 12.2. The minimum absolute atomic E-state index is 0.100. The van der Waals surface area contributed by atoms with E-state index < -0.39 is 0 Å². The number of benzene rings is 1. The largest absolute Gasteiger partial charge is 0.340 e. The molecule has 8 nitrogen and oxygen atoms in total. The van der Waals surface area contributed by atoms with E-state index in [1.807, 2.05) is 0 Å². The predicted molar refractivity (Wildman–Crippen MR) is 91.7 cm³/mol. The van der Waals surface area contributed by atoms with Crippen molar-refractivity contribution in [3.05, 3.63) is 48.2 Å². The van der Waals surface area contributed by atoms with Crippen LogP contribution in [0.1, 0.15) is 11.4 Å². The zero-order valence-electron chi connectivity index (χ0n) is 13.3. The Bertz CT molecular complexity index is 1150. The molecule has 4 aromatic rings. The average Bonchev–Trinajstić information content (AvgIpc) is 3.19. The number of carbonyl (C=O) groups excluding carboxylic acids is 1. The van der Waals surface area contributed by atoms with Gasteiger partial charge in [-0.25, -0.2) is 4.98 Å². The van der Waals surface area contributed by atoms with Gasteiger partial charge in [0, 0.05) is 18.6 Å². The van der Waals surface area contributed by atoms with Crippen molar-refractivity contribution in [2.24, 2.45) is 7.05 Å². The molecule has 0 aliphatic heterocycles. The van der Waals surface area contributed by atoms with Crippen molar-refractivity contribution in [3.63, 3.8) is 0 Å². The van der Waals surface area contributed by atoms with Crippen LogP contribution in [0.5, 0.6) is 0 Å². The number of carbonyl (C=O) groups is 1. The lowest BCUT2D eigenvalue weighted by Crippen LogP contribution is -2.14. The first kappa shape index (κ1) is 14.8. The van der Waals surface area contributed by atoms with Gasteiger partial charge in [0.1, 0.15) is 5.82 Å². The zero-order valence-corrected chi connectivity index (χ0v) is 13.3. The van der Waals surface area contributed by atoms with Crippen molar-refractivity contribution >= 4 is 33.5 Å². The van der Waals surface area contributed by atoms with Crippen LogP contribution in [0.3, 0.4) is 0 Å². The van der Waals surface area contributed by atoms with Gasteiger partial charge >= 0.3 is 0 Å². The third-order valence-corrected chi connectivity index (χ3v) is 3.81. The highest BCUT2D eigenvalue weighted by molar-refractivity contribution is 6.02. The third-order valence-electron chi connectivity index (χ3n) is 3.81. The second-order valence-corrected chi connectivity index (χ2v) is 5.68. The van der Waals surface area contributed by atoms with Crippen molar-refractivity contribution in [2.75, 3.05) is 5.32 Å². The van der Waals surface area contributed by atoms with Crippen LogP contribution in [0.25, 0.3) is 21.9 Å². The Balaban J connectivity index is 1.65. The number of amides is 1. The Kier molecular flexibility index (Phi) is 3.40. The Morgan fingerprint density at radius 2 is 2.28 bits per heavy atom. The van der Waals surface area contributed by atoms with Gasteiger partial charge in [0.2, 0.25) is 5.91 Å². The fraction of sp³-hybridized carbons (Fsp3) is 0.118. The topological polar surface area (TPSA) is 112 Å². The van der Waals surface area contributed by atoms with Crippen molar-refractivity contribution < 1.29 is 4.79 Å². The number of nitriles is 1. The van der Waals surface area contributed by atoms with E-state index >= 15 is 0 Å². The molecule has 0 radical (unpaired) electrons. The number of rotatable bonds is 3. The van der Waals surface area contributed by atoms with E-state index in [9.17, 15) is 4.79 Å². The minimum Gasteiger partial charge on any atom is -0.340 e. The minimum atomic E-state index is -0.193. The van der Waals surface area contributed by atoms with E-state index in [2.05, 4.69) is 31.4 Å². The fourth-order valence-corrected chi connectivity index (χ4v) is 2.71. The van der Waals surface area contributed by atoms with Gasteiger partial charge < -0.3 is 10.3 Å². The van der Waals surface area contributed by atoms with Crippen LogP contribution in [0.2, 0.25) is 0 Å². The number of imidazole rings is 1. The molecule has 0 unspecified atom stereocenters. The molecular weight excluding hydrogens is 318 g/mol. The van der Waals surface area contributed by atoms with Crippen LogP contribution >= 0.6 is 0 Å². The molecule has 0 saturated carbocycles. The number of pyridine rings is 1. The lowest BCUT2D eigenvalue weighted by molar-refractivity contribution is -0.115. The summed E-state index contributed by atoms with van der Waals surface area (Å²) in [5, 5.41) is 16.6. The van der Waals surface area contributed by atoms with Gasteiger partial charge in [-0.3, -0.25) is 14.5 Å². The summed E-state index contributed by atoms with van der Waals surface area (Å²) in [5.41, 5.74) is 3.36. The molecule has 122 valence electrons. The smallest absolute Gasteiger partial charge is 0.232 e. The Morgan fingerprint density at radius 3 is 3.04 bits per heavy atom. The molecule has 2 N–H and O–H groups in total. The number of fused-ring (bicyclic) bond motifs is 3. The summed E-state index contributed by atoms with van der Waals surface area (Å²) in [6.07, 6.45) is 5.08. The maximum Gasteiger partial charge on any atom is 0.232 e. The van der Waals surface area contributed by atoms with Gasteiger partial charge in [-0.15, -0.1) is 0 Å². The summed E-state index contributed by atoms with van der Waals surface area (Å²) >= 11 is 0. The SMILES string of the molecule is Cn1cc(NC(=O)Cc2nc3c(cnc4ccc(C#N)cc43)[nH]2)cn1. The van der Waals surface area contributed by atoms with E-state index in [4.69, 9.17) is 5.26 Å². The first-order chi connectivity index (χ1) is 12.1. The van der Waals surface area contributed by atoms with E-state index in [1.54, 1.807) is 48.5 Å². The average molecular weight is 331 g/mol. The Morgan fingerprint density at radius 1 is 1.40 bits per heavy atom. The summed E-state index contributed by atoms with van der Waals surface area (Å²) < 4.78 is 1.61. The van der Waals surface area contributed by atoms with Crippen LogP contribution in [0.4, 0.5) is 5.69 Å². The van der Waals surface area contributed by atoms with Gasteiger partial charge in [0.15, 0.2) is 0 Å². The molecule has 25 heavy (non-hydrogen) atoms. The summed E-state index contributed by atoms with van der Waals surface area (Å²) in [5.74, 6) is 0.343. The van der Waals surface area contributed by atoms with Crippen LogP contribution < -0.4 is 5.32 Å². The number of nitrogens with one attached hydrogen (secondary N) is 2. The van der Waals surface area contributed by atoms with E-state index in [1.165, 1.54) is 0 Å². The first-order valence-corrected chi connectivity index (χ1v) is 7.58. The van der Waals surface area contributed by atoms with Crippen LogP contribution in [-0.2, 0) is 18.3 Å². The zero-order chi connectivity index (χ0) is 17.4. The van der Waals surface area contributed by atoms with Crippen molar-refractivity contribution in [1.29, 1.82) is 5.26 Å². The van der Waals surface area contributed by atoms with E-state index in [0.717, 1.165) is 16.4 Å². The summed E-state index contributed by atoms with van der Waals surface area (Å²) in [6, 6.07) is 7.38. The summed E-state index contributed by atoms with van der Waals surface area (Å²) in [4.78, 5) is 24.1. The van der Waals surface area contributed by atoms with Crippen molar-refractivity contribution in [1.82, 2.24) is 24.7 Å². The van der Waals surface area contributed by atoms with E-state index in [-0.39, 0.29) is 12.3 Å². The molecule has 0 atom stereocenters. The molecule has 3 aromatic heterocycles. The van der Waals surface area contributed by atoms with Crippen LogP contribution in [0, 0.1) is 11.3 Å². The first-order valence-electron chi connectivity index (χ1n) is 7.58. The molecule has 0 saturated heterocycles. The van der Waals surface area contributed by atoms with E-state index in [0.29, 0.717) is 22.6 Å². The molecular formula is C17H13N7O. The van der Waals surface area contributed by atoms with Crippen LogP contribution in [-0.4, -0.2) is 30.6 Å². The second kappa shape index (κ2) is 5.72. The highest BCUT2D eigenvalue weighted by atomic mass is 16.1. The molecule has 0 fully saturated rings. The molecule has 4 rings (SSSR count). The lowest BCUT2D eigenvalue weighted by Gasteiger charge is -1.99. The van der Waals surface area contributed by atoms with Crippen LogP contribution in [0.15, 0.2) is 36.8 Å². The fourth-order valence-electron chi connectivity index (χ4n) is 2.71. The number of aromatic nitrogens is 5. The standard InChI is InChI=1S/C17H13N7O/c1-24-9-11(7-20-24)21-16(25)5-15-22-14-8-19-13-3-2-10(6-18)4-12(13)17(14)23-15/h2-4,7-9H,5H2,1H3,(H,21,25)(H,22,23). The third kappa shape index (κ3) is 2.79. The molecule has 0 aliphatic carbocycles. The molecule has 1 amide bonds. The van der Waals surface area contributed by atoms with Gasteiger partial charge in [0.25, 0.3) is 0 Å². The highest BCUT2D eigenvalue weighted by Gasteiger charge is 2.12. The number of anilines is 1. The van der Waals surface area contributed by atoms with Crippen molar-refractivity contribution in [3.8, 4) is 6.07 Å². The van der Waals surface area contributed by atoms with Gasteiger partial charge in [-0.1, -0.05) is 0 Å². The number of aromatic amines is 1. The summed E-state index contributed by atoms with van der Waals surface area (Å²) in [6.45, 7) is 0. The Hall–Kier alpha value is -3.73. The molecule has 0 spiro atoms. The Labute approximate surface area is 142 Å². The number of nitrogens with zero attached hydrogens (tertiary/aromatic N) is 5. The van der Waals surface area contributed by atoms with Gasteiger partial charge in [0.05, 0.1) is 52.7 Å². The number of hydrogen-bond donors (Lipinski definition) is 2. The monoisotopic (exact) mass is 331 g/mol. The number of aryl methyl sites for hydroxylation is 1.